The molecule has 0 amide bonds. The van der Waals surface area contributed by atoms with Crippen LogP contribution in [0.4, 0.5) is 4.39 Å². The number of ether oxygens (including phenoxy) is 3. The zero-order valence-electron chi connectivity index (χ0n) is 15.9. The minimum Gasteiger partial charge on any atom is -0.491 e. The summed E-state index contributed by atoms with van der Waals surface area (Å²) in [4.78, 5) is 11.3. The second-order valence-corrected chi connectivity index (χ2v) is 6.59. The van der Waals surface area contributed by atoms with Crippen LogP contribution < -0.4 is 9.47 Å². The van der Waals surface area contributed by atoms with Gasteiger partial charge in [0.15, 0.2) is 6.10 Å². The average molecular weight is 392 g/mol. The molecule has 0 fully saturated rings. The van der Waals surface area contributed by atoms with E-state index in [1.165, 1.54) is 24.3 Å². The predicted molar refractivity (Wildman–Crippen MR) is 101 cm³/mol. The van der Waals surface area contributed by atoms with Crippen LogP contribution in [-0.4, -0.2) is 47.7 Å². The number of carbonyl (C=O) groups is 1. The molecule has 2 aromatic carbocycles. The third-order valence-electron chi connectivity index (χ3n) is 3.73. The van der Waals surface area contributed by atoms with Crippen molar-refractivity contribution >= 4 is 5.97 Å². The number of carboxylic acid groups (broad SMARTS) is 1. The minimum atomic E-state index is -1.02. The largest absolute Gasteiger partial charge is 0.491 e. The van der Waals surface area contributed by atoms with Gasteiger partial charge in [0, 0.05) is 6.42 Å². The molecular weight excluding hydrogens is 367 g/mol. The van der Waals surface area contributed by atoms with Gasteiger partial charge in [-0.2, -0.15) is 0 Å². The third kappa shape index (κ3) is 7.54. The topological polar surface area (TPSA) is 85.2 Å². The molecule has 2 unspecified atom stereocenters. The molecular formula is C21H25FO6. The van der Waals surface area contributed by atoms with E-state index in [9.17, 15) is 19.4 Å². The molecule has 0 spiro atoms. The summed E-state index contributed by atoms with van der Waals surface area (Å²) in [5.74, 6) is -0.423. The van der Waals surface area contributed by atoms with Crippen molar-refractivity contribution in [2.75, 3.05) is 13.2 Å². The highest BCUT2D eigenvalue weighted by Crippen LogP contribution is 2.17. The number of carboxylic acids is 1. The number of aliphatic hydroxyl groups is 1. The van der Waals surface area contributed by atoms with Gasteiger partial charge >= 0.3 is 5.97 Å². The first-order valence-corrected chi connectivity index (χ1v) is 9.00. The second kappa shape index (κ2) is 10.6. The molecule has 2 atom stereocenters. The third-order valence-corrected chi connectivity index (χ3v) is 3.73. The van der Waals surface area contributed by atoms with Crippen LogP contribution in [0.25, 0.3) is 0 Å². The first kappa shape index (κ1) is 21.7. The number of halogens is 1. The van der Waals surface area contributed by atoms with Gasteiger partial charge in [-0.1, -0.05) is 12.1 Å². The smallest absolute Gasteiger partial charge is 0.333 e. The summed E-state index contributed by atoms with van der Waals surface area (Å²) < 4.78 is 29.2. The molecule has 0 saturated heterocycles. The first-order valence-electron chi connectivity index (χ1n) is 9.00. The SMILES string of the molecule is CC(C)OC(Cc1cccc(OCC(O)COc2ccc(F)cc2)c1)C(=O)O. The Morgan fingerprint density at radius 2 is 1.68 bits per heavy atom. The van der Waals surface area contributed by atoms with Crippen LogP contribution in [-0.2, 0) is 16.0 Å². The summed E-state index contributed by atoms with van der Waals surface area (Å²) in [6, 6.07) is 12.5. The van der Waals surface area contributed by atoms with Crippen molar-refractivity contribution in [3.8, 4) is 11.5 Å². The number of aliphatic hydroxyl groups excluding tert-OH is 1. The average Bonchev–Trinajstić information content (AvgIpc) is 2.65. The van der Waals surface area contributed by atoms with E-state index in [-0.39, 0.29) is 31.6 Å². The Labute approximate surface area is 163 Å². The van der Waals surface area contributed by atoms with E-state index in [1.807, 2.05) is 0 Å². The quantitative estimate of drug-likeness (QED) is 0.611. The predicted octanol–water partition coefficient (Wildman–Crippen LogP) is 3.07. The van der Waals surface area contributed by atoms with Crippen LogP contribution in [0.3, 0.4) is 0 Å². The van der Waals surface area contributed by atoms with Crippen molar-refractivity contribution in [2.24, 2.45) is 0 Å². The number of hydrogen-bond acceptors (Lipinski definition) is 5. The fraction of sp³-hybridized carbons (Fsp3) is 0.381. The summed E-state index contributed by atoms with van der Waals surface area (Å²) in [5, 5.41) is 19.3. The van der Waals surface area contributed by atoms with Gasteiger partial charge in [0.2, 0.25) is 0 Å². The number of hydrogen-bond donors (Lipinski definition) is 2. The molecule has 0 aliphatic heterocycles. The van der Waals surface area contributed by atoms with E-state index < -0.39 is 18.2 Å². The molecule has 0 saturated carbocycles. The normalized spacial score (nSPS) is 13.2. The molecule has 0 aliphatic rings. The van der Waals surface area contributed by atoms with Gasteiger partial charge in [0.05, 0.1) is 6.10 Å². The van der Waals surface area contributed by atoms with Gasteiger partial charge in [0.25, 0.3) is 0 Å². The second-order valence-electron chi connectivity index (χ2n) is 6.59. The number of aliphatic carboxylic acids is 1. The maximum absolute atomic E-state index is 12.8. The van der Waals surface area contributed by atoms with Crippen LogP contribution in [0.5, 0.6) is 11.5 Å². The van der Waals surface area contributed by atoms with Crippen LogP contribution >= 0.6 is 0 Å². The highest BCUT2D eigenvalue weighted by molar-refractivity contribution is 5.72. The fourth-order valence-corrected chi connectivity index (χ4v) is 2.46. The standard InChI is InChI=1S/C21H25FO6/c1-14(2)28-20(21(24)25)11-15-4-3-5-19(10-15)27-13-17(23)12-26-18-8-6-16(22)7-9-18/h3-10,14,17,20,23H,11-13H2,1-2H3,(H,24,25). The highest BCUT2D eigenvalue weighted by atomic mass is 19.1. The van der Waals surface area contributed by atoms with E-state index in [0.29, 0.717) is 11.5 Å². The molecule has 2 aromatic rings. The van der Waals surface area contributed by atoms with E-state index >= 15 is 0 Å². The lowest BCUT2D eigenvalue weighted by atomic mass is 10.1. The van der Waals surface area contributed by atoms with Crippen molar-refractivity contribution in [1.29, 1.82) is 0 Å². The molecule has 0 aromatic heterocycles. The van der Waals surface area contributed by atoms with Gasteiger partial charge in [-0.3, -0.25) is 0 Å². The highest BCUT2D eigenvalue weighted by Gasteiger charge is 2.20. The molecule has 0 heterocycles. The zero-order chi connectivity index (χ0) is 20.5. The molecule has 28 heavy (non-hydrogen) atoms. The van der Waals surface area contributed by atoms with E-state index in [2.05, 4.69) is 0 Å². The van der Waals surface area contributed by atoms with E-state index in [4.69, 9.17) is 14.2 Å². The van der Waals surface area contributed by atoms with Gasteiger partial charge in [0.1, 0.15) is 36.6 Å². The van der Waals surface area contributed by atoms with Crippen molar-refractivity contribution in [1.82, 2.24) is 0 Å². The van der Waals surface area contributed by atoms with Gasteiger partial charge in [-0.05, 0) is 55.8 Å². The molecule has 2 N–H and O–H groups in total. The molecule has 152 valence electrons. The van der Waals surface area contributed by atoms with Crippen LogP contribution in [0.15, 0.2) is 48.5 Å². The summed E-state index contributed by atoms with van der Waals surface area (Å²) in [6.07, 6.45) is -1.81. The summed E-state index contributed by atoms with van der Waals surface area (Å²) in [6.45, 7) is 3.56. The Morgan fingerprint density at radius 3 is 2.29 bits per heavy atom. The Bertz CT molecular complexity index is 747. The fourth-order valence-electron chi connectivity index (χ4n) is 2.46. The Hall–Kier alpha value is -2.64. The van der Waals surface area contributed by atoms with Gasteiger partial charge < -0.3 is 24.4 Å². The zero-order valence-corrected chi connectivity index (χ0v) is 15.9. The summed E-state index contributed by atoms with van der Waals surface area (Å²) in [7, 11) is 0. The number of benzene rings is 2. The molecule has 7 heteroatoms. The van der Waals surface area contributed by atoms with Crippen LogP contribution in [0.1, 0.15) is 19.4 Å². The molecule has 0 aliphatic carbocycles. The lowest BCUT2D eigenvalue weighted by Gasteiger charge is -2.17. The number of rotatable bonds is 11. The van der Waals surface area contributed by atoms with Crippen LogP contribution in [0, 0.1) is 5.82 Å². The van der Waals surface area contributed by atoms with Gasteiger partial charge in [-0.15, -0.1) is 0 Å². The Kier molecular flexibility index (Phi) is 8.22. The van der Waals surface area contributed by atoms with E-state index in [1.54, 1.807) is 38.1 Å². The Balaban J connectivity index is 1.84. The maximum Gasteiger partial charge on any atom is 0.333 e. The van der Waals surface area contributed by atoms with Crippen LogP contribution in [0.2, 0.25) is 0 Å². The first-order chi connectivity index (χ1) is 13.3. The lowest BCUT2D eigenvalue weighted by Crippen LogP contribution is -2.29. The lowest BCUT2D eigenvalue weighted by molar-refractivity contribution is -0.153. The summed E-state index contributed by atoms with van der Waals surface area (Å²) >= 11 is 0. The monoisotopic (exact) mass is 392 g/mol. The van der Waals surface area contributed by atoms with Crippen molar-refractivity contribution in [3.63, 3.8) is 0 Å². The molecule has 2 rings (SSSR count). The summed E-state index contributed by atoms with van der Waals surface area (Å²) in [5.41, 5.74) is 0.752. The molecule has 0 radical (unpaired) electrons. The van der Waals surface area contributed by atoms with Gasteiger partial charge in [-0.25, -0.2) is 9.18 Å². The Morgan fingerprint density at radius 1 is 1.04 bits per heavy atom. The minimum absolute atomic E-state index is 0.00446. The van der Waals surface area contributed by atoms with Crippen molar-refractivity contribution in [2.45, 2.75) is 38.6 Å². The van der Waals surface area contributed by atoms with E-state index in [0.717, 1.165) is 5.56 Å². The maximum atomic E-state index is 12.8. The van der Waals surface area contributed by atoms with Crippen molar-refractivity contribution < 1.29 is 33.6 Å². The van der Waals surface area contributed by atoms with Crippen molar-refractivity contribution in [3.05, 3.63) is 59.9 Å². The molecule has 0 bridgehead atoms. The molecule has 6 nitrogen and oxygen atoms in total.